The van der Waals surface area contributed by atoms with Gasteiger partial charge in [-0.15, -0.1) is 0 Å². The van der Waals surface area contributed by atoms with Gasteiger partial charge in [0.1, 0.15) is 17.3 Å². The molecule has 2 unspecified atom stereocenters. The Morgan fingerprint density at radius 1 is 1.33 bits per heavy atom. The number of morpholine rings is 1. The number of hydrogen-bond acceptors (Lipinski definition) is 6. The topological polar surface area (TPSA) is 81.5 Å². The average Bonchev–Trinajstić information content (AvgIpc) is 3.48. The third kappa shape index (κ3) is 3.27. The van der Waals surface area contributed by atoms with Crippen molar-refractivity contribution in [2.24, 2.45) is 0 Å². The number of carbonyl (C=O) groups excluding carboxylic acids is 1. The summed E-state index contributed by atoms with van der Waals surface area (Å²) in [7, 11) is 1.58. The van der Waals surface area contributed by atoms with Crippen molar-refractivity contribution >= 4 is 28.3 Å². The van der Waals surface area contributed by atoms with Crippen LogP contribution in [0.2, 0.25) is 0 Å². The number of nitrogens with zero attached hydrogens (tertiary/aromatic N) is 4. The summed E-state index contributed by atoms with van der Waals surface area (Å²) in [4.78, 5) is 19.8. The zero-order chi connectivity index (χ0) is 20.8. The van der Waals surface area contributed by atoms with E-state index in [2.05, 4.69) is 34.1 Å². The molecule has 2 saturated heterocycles. The Morgan fingerprint density at radius 2 is 2.20 bits per heavy atom. The molecule has 0 aliphatic carbocycles. The quantitative estimate of drug-likeness (QED) is 0.699. The molecule has 8 nitrogen and oxygen atoms in total. The number of benzene rings is 1. The van der Waals surface area contributed by atoms with E-state index in [1.165, 1.54) is 0 Å². The molecule has 0 saturated carbocycles. The van der Waals surface area contributed by atoms with Gasteiger partial charge in [-0.25, -0.2) is 4.98 Å². The van der Waals surface area contributed by atoms with Crippen molar-refractivity contribution < 1.29 is 14.3 Å². The predicted octanol–water partition coefficient (Wildman–Crippen LogP) is 3.25. The predicted molar refractivity (Wildman–Crippen MR) is 114 cm³/mol. The van der Waals surface area contributed by atoms with Crippen LogP contribution < -0.4 is 15.0 Å². The molecular weight excluding hydrogens is 382 g/mol. The Morgan fingerprint density at radius 3 is 2.90 bits per heavy atom. The number of aromatic nitrogens is 3. The maximum atomic E-state index is 13.0. The van der Waals surface area contributed by atoms with Crippen LogP contribution in [-0.4, -0.2) is 53.1 Å². The maximum absolute atomic E-state index is 13.0. The van der Waals surface area contributed by atoms with E-state index in [1.54, 1.807) is 13.2 Å². The molecular formula is C22H25N5O3. The third-order valence-electron chi connectivity index (χ3n) is 5.78. The van der Waals surface area contributed by atoms with Crippen molar-refractivity contribution in [2.45, 2.75) is 38.5 Å². The SMILES string of the molecule is COc1cc2nn(C(C)C)cc2cc1NC(=O)c1cccc(N2CC3CC2CO3)n1. The highest BCUT2D eigenvalue weighted by molar-refractivity contribution is 6.05. The van der Waals surface area contributed by atoms with Crippen molar-refractivity contribution in [3.05, 3.63) is 42.2 Å². The van der Waals surface area contributed by atoms with E-state index in [0.29, 0.717) is 23.2 Å². The molecule has 1 N–H and O–H groups in total. The Balaban J connectivity index is 1.41. The molecule has 8 heteroatoms. The van der Waals surface area contributed by atoms with E-state index in [0.717, 1.165) is 36.3 Å². The minimum absolute atomic E-state index is 0.250. The summed E-state index contributed by atoms with van der Waals surface area (Å²) in [5, 5.41) is 8.46. The number of hydrogen-bond donors (Lipinski definition) is 1. The van der Waals surface area contributed by atoms with Gasteiger partial charge in [-0.3, -0.25) is 9.48 Å². The van der Waals surface area contributed by atoms with Gasteiger partial charge in [0.25, 0.3) is 5.91 Å². The number of nitrogens with one attached hydrogen (secondary N) is 1. The second-order valence-corrected chi connectivity index (χ2v) is 8.15. The highest BCUT2D eigenvalue weighted by Gasteiger charge is 2.39. The first-order valence-corrected chi connectivity index (χ1v) is 10.3. The molecule has 0 radical (unpaired) electrons. The van der Waals surface area contributed by atoms with Gasteiger partial charge in [-0.1, -0.05) is 6.07 Å². The lowest BCUT2D eigenvalue weighted by molar-refractivity contribution is 0.0988. The lowest BCUT2D eigenvalue weighted by Gasteiger charge is -2.28. The van der Waals surface area contributed by atoms with Crippen molar-refractivity contribution in [1.82, 2.24) is 14.8 Å². The first-order chi connectivity index (χ1) is 14.5. The molecule has 2 aromatic heterocycles. The number of anilines is 2. The molecule has 1 amide bonds. The van der Waals surface area contributed by atoms with E-state index >= 15 is 0 Å². The standard InChI is InChI=1S/C22H25N5O3/c1-13(2)27-10-14-7-19(20(29-3)9-18(14)25-27)24-22(28)17-5-4-6-21(23-17)26-11-16-8-15(26)12-30-16/h4-7,9-10,13,15-16H,8,11-12H2,1-3H3,(H,24,28). The van der Waals surface area contributed by atoms with Crippen molar-refractivity contribution in [3.63, 3.8) is 0 Å². The molecule has 2 aliphatic rings. The lowest BCUT2D eigenvalue weighted by Crippen LogP contribution is -2.37. The van der Waals surface area contributed by atoms with Crippen LogP contribution in [0.4, 0.5) is 11.5 Å². The van der Waals surface area contributed by atoms with Crippen molar-refractivity contribution in [1.29, 1.82) is 0 Å². The summed E-state index contributed by atoms with van der Waals surface area (Å²) in [5.74, 6) is 1.11. The van der Waals surface area contributed by atoms with Gasteiger partial charge < -0.3 is 19.7 Å². The number of carbonyl (C=O) groups is 1. The zero-order valence-corrected chi connectivity index (χ0v) is 17.3. The first kappa shape index (κ1) is 18.9. The van der Waals surface area contributed by atoms with Gasteiger partial charge in [0.15, 0.2) is 0 Å². The second-order valence-electron chi connectivity index (χ2n) is 8.15. The first-order valence-electron chi connectivity index (χ1n) is 10.3. The zero-order valence-electron chi connectivity index (χ0n) is 17.3. The second kappa shape index (κ2) is 7.28. The summed E-state index contributed by atoms with van der Waals surface area (Å²) >= 11 is 0. The molecule has 2 fully saturated rings. The molecule has 3 aromatic rings. The van der Waals surface area contributed by atoms with Gasteiger partial charge in [0, 0.05) is 30.2 Å². The van der Waals surface area contributed by atoms with Gasteiger partial charge in [0.05, 0.1) is 37.1 Å². The number of pyridine rings is 1. The van der Waals surface area contributed by atoms with Crippen LogP contribution in [0.5, 0.6) is 5.75 Å². The Hall–Kier alpha value is -3.13. The smallest absolute Gasteiger partial charge is 0.274 e. The Labute approximate surface area is 174 Å². The van der Waals surface area contributed by atoms with Gasteiger partial charge >= 0.3 is 0 Å². The van der Waals surface area contributed by atoms with Crippen LogP contribution in [0, 0.1) is 0 Å². The van der Waals surface area contributed by atoms with E-state index in [9.17, 15) is 4.79 Å². The summed E-state index contributed by atoms with van der Waals surface area (Å²) < 4.78 is 13.1. The number of amides is 1. The number of methoxy groups -OCH3 is 1. The number of rotatable bonds is 5. The van der Waals surface area contributed by atoms with Crippen LogP contribution in [0.1, 0.15) is 36.8 Å². The molecule has 30 heavy (non-hydrogen) atoms. The van der Waals surface area contributed by atoms with E-state index < -0.39 is 0 Å². The third-order valence-corrected chi connectivity index (χ3v) is 5.78. The summed E-state index contributed by atoms with van der Waals surface area (Å²) in [5.41, 5.74) is 1.79. The molecule has 2 bridgehead atoms. The fraction of sp³-hybridized carbons (Fsp3) is 0.409. The van der Waals surface area contributed by atoms with E-state index in [-0.39, 0.29) is 18.1 Å². The largest absolute Gasteiger partial charge is 0.494 e. The summed E-state index contributed by atoms with van der Waals surface area (Å²) in [6.07, 6.45) is 3.27. The lowest BCUT2D eigenvalue weighted by atomic mass is 10.2. The van der Waals surface area contributed by atoms with Crippen LogP contribution in [0.25, 0.3) is 10.9 Å². The van der Waals surface area contributed by atoms with Crippen molar-refractivity contribution in [3.8, 4) is 5.75 Å². The Kier molecular flexibility index (Phi) is 4.58. The van der Waals surface area contributed by atoms with Gasteiger partial charge in [-0.05, 0) is 38.5 Å². The molecule has 0 spiro atoms. The summed E-state index contributed by atoms with van der Waals surface area (Å²) in [6, 6.07) is 9.88. The van der Waals surface area contributed by atoms with Crippen LogP contribution >= 0.6 is 0 Å². The van der Waals surface area contributed by atoms with Crippen LogP contribution in [0.3, 0.4) is 0 Å². The van der Waals surface area contributed by atoms with Gasteiger partial charge in [-0.2, -0.15) is 5.10 Å². The monoisotopic (exact) mass is 407 g/mol. The highest BCUT2D eigenvalue weighted by atomic mass is 16.5. The summed E-state index contributed by atoms with van der Waals surface area (Å²) in [6.45, 7) is 5.70. The molecule has 1 aromatic carbocycles. The minimum atomic E-state index is -0.272. The van der Waals surface area contributed by atoms with Crippen molar-refractivity contribution in [2.75, 3.05) is 30.5 Å². The molecule has 2 atom stereocenters. The Bertz CT molecular complexity index is 1110. The molecule has 156 valence electrons. The number of fused-ring (bicyclic) bond motifs is 3. The van der Waals surface area contributed by atoms with Crippen LogP contribution in [0.15, 0.2) is 36.5 Å². The van der Waals surface area contributed by atoms with Crippen LogP contribution in [-0.2, 0) is 4.74 Å². The van der Waals surface area contributed by atoms with E-state index in [1.807, 2.05) is 35.1 Å². The minimum Gasteiger partial charge on any atom is -0.494 e. The molecule has 5 rings (SSSR count). The average molecular weight is 407 g/mol. The normalized spacial score (nSPS) is 20.3. The fourth-order valence-corrected chi connectivity index (χ4v) is 4.18. The molecule has 2 aliphatic heterocycles. The van der Waals surface area contributed by atoms with E-state index in [4.69, 9.17) is 9.47 Å². The molecule has 4 heterocycles. The maximum Gasteiger partial charge on any atom is 0.274 e. The highest BCUT2D eigenvalue weighted by Crippen LogP contribution is 2.32. The van der Waals surface area contributed by atoms with Gasteiger partial charge in [0.2, 0.25) is 0 Å². The number of ether oxygens (including phenoxy) is 2. The fourth-order valence-electron chi connectivity index (χ4n) is 4.18.